The van der Waals surface area contributed by atoms with E-state index in [1.807, 2.05) is 38.1 Å². The van der Waals surface area contributed by atoms with Crippen LogP contribution < -0.4 is 9.47 Å². The number of hydrogen-bond donors (Lipinski definition) is 0. The zero-order chi connectivity index (χ0) is 21.8. The Hall–Kier alpha value is -3.60. The standard InChI is InChI=1S/C26H24O5/c1-3-29-24-12-11-20(15-25(24)30-4-2)26(28)31-16-23(27)19-10-9-18-13-17-7-5-6-8-21(17)22(18)14-19/h5-12,14-15H,3-4,13,16H2,1-2H3. The van der Waals surface area contributed by atoms with Gasteiger partial charge in [0.2, 0.25) is 0 Å². The molecular formula is C26H24O5. The van der Waals surface area contributed by atoms with Crippen LogP contribution in [-0.2, 0) is 11.2 Å². The van der Waals surface area contributed by atoms with Gasteiger partial charge < -0.3 is 14.2 Å². The van der Waals surface area contributed by atoms with Gasteiger partial charge in [-0.25, -0.2) is 4.79 Å². The molecule has 0 aliphatic heterocycles. The normalized spacial score (nSPS) is 11.4. The molecular weight excluding hydrogens is 392 g/mol. The Morgan fingerprint density at radius 1 is 0.774 bits per heavy atom. The van der Waals surface area contributed by atoms with Gasteiger partial charge in [-0.05, 0) is 66.8 Å². The fourth-order valence-electron chi connectivity index (χ4n) is 3.77. The quantitative estimate of drug-likeness (QED) is 0.296. The number of benzene rings is 3. The molecule has 0 atom stereocenters. The first-order valence-corrected chi connectivity index (χ1v) is 10.4. The molecule has 0 aromatic heterocycles. The first kappa shape index (κ1) is 20.7. The number of carbonyl (C=O) groups is 2. The van der Waals surface area contributed by atoms with E-state index in [1.165, 1.54) is 11.1 Å². The molecule has 5 heteroatoms. The molecule has 0 saturated heterocycles. The highest BCUT2D eigenvalue weighted by molar-refractivity contribution is 6.00. The third-order valence-corrected chi connectivity index (χ3v) is 5.23. The van der Waals surface area contributed by atoms with Crippen molar-refractivity contribution < 1.29 is 23.8 Å². The van der Waals surface area contributed by atoms with Gasteiger partial charge in [-0.1, -0.05) is 36.4 Å². The maximum atomic E-state index is 12.7. The van der Waals surface area contributed by atoms with Gasteiger partial charge in [-0.3, -0.25) is 4.79 Å². The Morgan fingerprint density at radius 3 is 2.29 bits per heavy atom. The summed E-state index contributed by atoms with van der Waals surface area (Å²) in [5, 5.41) is 0. The predicted octanol–water partition coefficient (Wildman–Crippen LogP) is 5.09. The highest BCUT2D eigenvalue weighted by Crippen LogP contribution is 2.37. The minimum Gasteiger partial charge on any atom is -0.490 e. The molecule has 158 valence electrons. The van der Waals surface area contributed by atoms with E-state index in [1.54, 1.807) is 24.3 Å². The molecule has 0 heterocycles. The van der Waals surface area contributed by atoms with Gasteiger partial charge in [-0.2, -0.15) is 0 Å². The summed E-state index contributed by atoms with van der Waals surface area (Å²) in [6, 6.07) is 18.7. The summed E-state index contributed by atoms with van der Waals surface area (Å²) in [5.74, 6) is 0.221. The van der Waals surface area contributed by atoms with Crippen LogP contribution in [0.25, 0.3) is 11.1 Å². The van der Waals surface area contributed by atoms with Gasteiger partial charge in [0.15, 0.2) is 23.9 Å². The molecule has 31 heavy (non-hydrogen) atoms. The summed E-state index contributed by atoms with van der Waals surface area (Å²) in [6.45, 7) is 4.34. The maximum Gasteiger partial charge on any atom is 0.338 e. The van der Waals surface area contributed by atoms with Gasteiger partial charge in [0.1, 0.15) is 0 Å². The topological polar surface area (TPSA) is 61.8 Å². The van der Waals surface area contributed by atoms with Crippen LogP contribution in [0.4, 0.5) is 0 Å². The lowest BCUT2D eigenvalue weighted by atomic mass is 10.0. The van der Waals surface area contributed by atoms with Crippen molar-refractivity contribution in [2.24, 2.45) is 0 Å². The summed E-state index contributed by atoms with van der Waals surface area (Å²) < 4.78 is 16.3. The van der Waals surface area contributed by atoms with E-state index in [4.69, 9.17) is 14.2 Å². The number of ketones is 1. The van der Waals surface area contributed by atoms with Crippen molar-refractivity contribution in [3.05, 3.63) is 82.9 Å². The van der Waals surface area contributed by atoms with Crippen molar-refractivity contribution in [3.63, 3.8) is 0 Å². The van der Waals surface area contributed by atoms with Crippen molar-refractivity contribution in [2.75, 3.05) is 19.8 Å². The molecule has 5 nitrogen and oxygen atoms in total. The third-order valence-electron chi connectivity index (χ3n) is 5.23. The number of fused-ring (bicyclic) bond motifs is 3. The van der Waals surface area contributed by atoms with Gasteiger partial charge >= 0.3 is 5.97 Å². The molecule has 0 spiro atoms. The average Bonchev–Trinajstić information content (AvgIpc) is 3.16. The Bertz CT molecular complexity index is 1130. The zero-order valence-electron chi connectivity index (χ0n) is 17.6. The first-order chi connectivity index (χ1) is 15.1. The fourth-order valence-corrected chi connectivity index (χ4v) is 3.77. The number of rotatable bonds is 8. The van der Waals surface area contributed by atoms with Crippen LogP contribution in [0.3, 0.4) is 0 Å². The first-order valence-electron chi connectivity index (χ1n) is 10.4. The molecule has 0 amide bonds. The van der Waals surface area contributed by atoms with E-state index in [0.29, 0.717) is 35.8 Å². The molecule has 0 N–H and O–H groups in total. The van der Waals surface area contributed by atoms with Crippen molar-refractivity contribution in [2.45, 2.75) is 20.3 Å². The predicted molar refractivity (Wildman–Crippen MR) is 118 cm³/mol. The highest BCUT2D eigenvalue weighted by atomic mass is 16.5. The van der Waals surface area contributed by atoms with Crippen molar-refractivity contribution in [1.29, 1.82) is 0 Å². The van der Waals surface area contributed by atoms with Crippen LogP contribution in [0.5, 0.6) is 11.5 Å². The van der Waals surface area contributed by atoms with Crippen LogP contribution in [0.1, 0.15) is 45.7 Å². The summed E-state index contributed by atoms with van der Waals surface area (Å²) in [4.78, 5) is 25.2. The summed E-state index contributed by atoms with van der Waals surface area (Å²) in [7, 11) is 0. The lowest BCUT2D eigenvalue weighted by molar-refractivity contribution is 0.0474. The second-order valence-corrected chi connectivity index (χ2v) is 7.23. The Balaban J connectivity index is 1.45. The second-order valence-electron chi connectivity index (χ2n) is 7.23. The summed E-state index contributed by atoms with van der Waals surface area (Å²) in [6.07, 6.45) is 0.870. The van der Waals surface area contributed by atoms with E-state index < -0.39 is 5.97 Å². The van der Waals surface area contributed by atoms with E-state index in [0.717, 1.165) is 17.5 Å². The highest BCUT2D eigenvalue weighted by Gasteiger charge is 2.20. The van der Waals surface area contributed by atoms with Gasteiger partial charge in [0, 0.05) is 5.56 Å². The minimum atomic E-state index is -0.580. The van der Waals surface area contributed by atoms with Gasteiger partial charge in [0.25, 0.3) is 0 Å². The molecule has 1 aliphatic carbocycles. The number of hydrogen-bond acceptors (Lipinski definition) is 5. The lowest BCUT2D eigenvalue weighted by Gasteiger charge is -2.12. The van der Waals surface area contributed by atoms with E-state index in [9.17, 15) is 9.59 Å². The molecule has 1 aliphatic rings. The minimum absolute atomic E-state index is 0.239. The average molecular weight is 416 g/mol. The number of esters is 1. The fraction of sp³-hybridized carbons (Fsp3) is 0.231. The van der Waals surface area contributed by atoms with Crippen molar-refractivity contribution in [3.8, 4) is 22.6 Å². The van der Waals surface area contributed by atoms with Gasteiger partial charge in [-0.15, -0.1) is 0 Å². The molecule has 0 bridgehead atoms. The SMILES string of the molecule is CCOc1ccc(C(=O)OCC(=O)c2ccc3c(c2)-c2ccccc2C3)cc1OCC. The third kappa shape index (κ3) is 4.31. The van der Waals surface area contributed by atoms with Crippen LogP contribution in [0.15, 0.2) is 60.7 Å². The molecule has 0 radical (unpaired) electrons. The molecule has 3 aromatic carbocycles. The Morgan fingerprint density at radius 2 is 1.48 bits per heavy atom. The number of ether oxygens (including phenoxy) is 3. The van der Waals surface area contributed by atoms with E-state index in [2.05, 4.69) is 12.1 Å². The smallest absolute Gasteiger partial charge is 0.338 e. The number of carbonyl (C=O) groups excluding carboxylic acids is 2. The second kappa shape index (κ2) is 9.04. The molecule has 0 fully saturated rings. The largest absolute Gasteiger partial charge is 0.490 e. The summed E-state index contributed by atoms with van der Waals surface area (Å²) in [5.41, 5.74) is 5.52. The molecule has 0 unspecified atom stereocenters. The van der Waals surface area contributed by atoms with Crippen LogP contribution in [0, 0.1) is 0 Å². The van der Waals surface area contributed by atoms with Crippen molar-refractivity contribution >= 4 is 11.8 Å². The van der Waals surface area contributed by atoms with Gasteiger partial charge in [0.05, 0.1) is 18.8 Å². The van der Waals surface area contributed by atoms with Crippen LogP contribution in [0.2, 0.25) is 0 Å². The van der Waals surface area contributed by atoms with E-state index in [-0.39, 0.29) is 12.4 Å². The van der Waals surface area contributed by atoms with Crippen molar-refractivity contribution in [1.82, 2.24) is 0 Å². The van der Waals surface area contributed by atoms with Crippen LogP contribution in [-0.4, -0.2) is 31.6 Å². The lowest BCUT2D eigenvalue weighted by Crippen LogP contribution is -2.14. The van der Waals surface area contributed by atoms with Crippen LogP contribution >= 0.6 is 0 Å². The zero-order valence-corrected chi connectivity index (χ0v) is 17.6. The monoisotopic (exact) mass is 416 g/mol. The summed E-state index contributed by atoms with van der Waals surface area (Å²) >= 11 is 0. The maximum absolute atomic E-state index is 12.7. The van der Waals surface area contributed by atoms with E-state index >= 15 is 0 Å². The molecule has 0 saturated carbocycles. The molecule has 3 aromatic rings. The Kier molecular flexibility index (Phi) is 6.03. The molecule has 4 rings (SSSR count). The Labute approximate surface area is 181 Å². The number of Topliss-reactive ketones (excluding diaryl/α,β-unsaturated/α-hetero) is 1.